The van der Waals surface area contributed by atoms with E-state index >= 15 is 0 Å². The Morgan fingerprint density at radius 1 is 1.29 bits per heavy atom. The molecule has 0 radical (unpaired) electrons. The van der Waals surface area contributed by atoms with Gasteiger partial charge >= 0.3 is 0 Å². The lowest BCUT2D eigenvalue weighted by atomic mass is 10.2. The van der Waals surface area contributed by atoms with Crippen molar-refractivity contribution in [3.63, 3.8) is 0 Å². The van der Waals surface area contributed by atoms with Crippen LogP contribution in [0, 0.1) is 5.92 Å². The molecule has 0 spiro atoms. The number of ether oxygens (including phenoxy) is 1. The van der Waals surface area contributed by atoms with E-state index < -0.39 is 6.04 Å². The van der Waals surface area contributed by atoms with Crippen LogP contribution >= 0.6 is 12.4 Å². The Morgan fingerprint density at radius 3 is 2.52 bits per heavy atom. The summed E-state index contributed by atoms with van der Waals surface area (Å²) in [6, 6.07) is -0.414. The molecule has 2 rings (SSSR count). The first kappa shape index (κ1) is 18.2. The van der Waals surface area contributed by atoms with Gasteiger partial charge in [-0.25, -0.2) is 0 Å². The van der Waals surface area contributed by atoms with Crippen molar-refractivity contribution in [2.24, 2.45) is 5.92 Å². The van der Waals surface area contributed by atoms with Crippen LogP contribution in [0.15, 0.2) is 0 Å². The second kappa shape index (κ2) is 9.23. The second-order valence-corrected chi connectivity index (χ2v) is 5.54. The van der Waals surface area contributed by atoms with Gasteiger partial charge in [0.25, 0.3) is 0 Å². The van der Waals surface area contributed by atoms with Crippen molar-refractivity contribution in [2.75, 3.05) is 39.4 Å². The first-order valence-corrected chi connectivity index (χ1v) is 7.57. The molecule has 6 nitrogen and oxygen atoms in total. The highest BCUT2D eigenvalue weighted by atomic mass is 35.5. The van der Waals surface area contributed by atoms with Gasteiger partial charge in [0, 0.05) is 13.1 Å². The van der Waals surface area contributed by atoms with E-state index in [4.69, 9.17) is 4.74 Å². The Bertz CT molecular complexity index is 344. The Labute approximate surface area is 132 Å². The molecule has 1 heterocycles. The van der Waals surface area contributed by atoms with Crippen LogP contribution in [0.2, 0.25) is 0 Å². The zero-order chi connectivity index (χ0) is 14.4. The van der Waals surface area contributed by atoms with Crippen molar-refractivity contribution in [3.8, 4) is 0 Å². The van der Waals surface area contributed by atoms with Crippen LogP contribution in [-0.2, 0) is 14.3 Å². The number of morpholine rings is 1. The Morgan fingerprint density at radius 2 is 1.95 bits per heavy atom. The van der Waals surface area contributed by atoms with Crippen molar-refractivity contribution in [1.29, 1.82) is 0 Å². The lowest BCUT2D eigenvalue weighted by Crippen LogP contribution is -2.52. The molecular weight excluding hydrogens is 294 g/mol. The van der Waals surface area contributed by atoms with E-state index in [0.29, 0.717) is 39.3 Å². The molecule has 1 atom stereocenters. The second-order valence-electron chi connectivity index (χ2n) is 5.54. The number of rotatable bonds is 7. The standard InChI is InChI=1S/C14H25N3O3.ClH/c1-2-12(14(19)17-5-7-20-8-6-17)16-13(18)10-15-9-11-3-4-11;/h11-12,15H,2-10H2,1H3,(H,16,18);1H. The van der Waals surface area contributed by atoms with Crippen LogP contribution in [0.4, 0.5) is 0 Å². The quantitative estimate of drug-likeness (QED) is 0.701. The summed E-state index contributed by atoms with van der Waals surface area (Å²) in [6.45, 7) is 5.51. The number of carbonyl (C=O) groups excluding carboxylic acids is 2. The first-order chi connectivity index (χ1) is 9.70. The average Bonchev–Trinajstić information content (AvgIpc) is 3.29. The molecule has 2 fully saturated rings. The SMILES string of the molecule is CCC(NC(=O)CNCC1CC1)C(=O)N1CCOCC1.Cl. The van der Waals surface area contributed by atoms with E-state index in [1.54, 1.807) is 4.90 Å². The zero-order valence-corrected chi connectivity index (χ0v) is 13.4. The number of amides is 2. The van der Waals surface area contributed by atoms with Gasteiger partial charge in [0.2, 0.25) is 11.8 Å². The van der Waals surface area contributed by atoms with E-state index in [2.05, 4.69) is 10.6 Å². The molecule has 2 N–H and O–H groups in total. The van der Waals surface area contributed by atoms with Gasteiger partial charge in [0.1, 0.15) is 6.04 Å². The molecule has 1 aliphatic heterocycles. The molecule has 0 bridgehead atoms. The number of nitrogens with zero attached hydrogens (tertiary/aromatic N) is 1. The molecule has 1 aliphatic carbocycles. The molecular formula is C14H26ClN3O3. The predicted octanol–water partition coefficient (Wildman–Crippen LogP) is 0.161. The third kappa shape index (κ3) is 6.20. The third-order valence-electron chi connectivity index (χ3n) is 3.78. The topological polar surface area (TPSA) is 70.7 Å². The molecule has 1 saturated carbocycles. The predicted molar refractivity (Wildman–Crippen MR) is 82.5 cm³/mol. The summed E-state index contributed by atoms with van der Waals surface area (Å²) in [4.78, 5) is 25.9. The molecule has 0 aromatic rings. The highest BCUT2D eigenvalue weighted by Crippen LogP contribution is 2.27. The molecule has 1 saturated heterocycles. The average molecular weight is 320 g/mol. The van der Waals surface area contributed by atoms with E-state index in [-0.39, 0.29) is 24.2 Å². The van der Waals surface area contributed by atoms with Crippen LogP contribution in [0.5, 0.6) is 0 Å². The zero-order valence-electron chi connectivity index (χ0n) is 12.6. The van der Waals surface area contributed by atoms with E-state index in [0.717, 1.165) is 12.5 Å². The van der Waals surface area contributed by atoms with Crippen molar-refractivity contribution < 1.29 is 14.3 Å². The van der Waals surface area contributed by atoms with Crippen LogP contribution in [0.25, 0.3) is 0 Å². The van der Waals surface area contributed by atoms with Gasteiger partial charge in [-0.05, 0) is 31.7 Å². The number of halogens is 1. The van der Waals surface area contributed by atoms with E-state index in [1.807, 2.05) is 6.92 Å². The Kier molecular flexibility index (Phi) is 8.00. The van der Waals surface area contributed by atoms with Gasteiger partial charge in [0.05, 0.1) is 19.8 Å². The maximum atomic E-state index is 12.3. The fourth-order valence-electron chi connectivity index (χ4n) is 2.30. The van der Waals surface area contributed by atoms with Gasteiger partial charge in [0.15, 0.2) is 0 Å². The summed E-state index contributed by atoms with van der Waals surface area (Å²) in [5.41, 5.74) is 0. The Hall–Kier alpha value is -0.850. The van der Waals surface area contributed by atoms with Crippen LogP contribution in [-0.4, -0.2) is 62.1 Å². The minimum atomic E-state index is -0.414. The number of nitrogens with one attached hydrogen (secondary N) is 2. The lowest BCUT2D eigenvalue weighted by molar-refractivity contribution is -0.139. The summed E-state index contributed by atoms with van der Waals surface area (Å²) in [7, 11) is 0. The molecule has 2 amide bonds. The Balaban J connectivity index is 0.00000220. The van der Waals surface area contributed by atoms with Crippen LogP contribution in [0.3, 0.4) is 0 Å². The van der Waals surface area contributed by atoms with E-state index in [1.165, 1.54) is 12.8 Å². The molecule has 7 heteroatoms. The number of hydrogen-bond acceptors (Lipinski definition) is 4. The largest absolute Gasteiger partial charge is 0.378 e. The fraction of sp³-hybridized carbons (Fsp3) is 0.857. The highest BCUT2D eigenvalue weighted by Gasteiger charge is 2.26. The normalized spacial score (nSPS) is 19.6. The summed E-state index contributed by atoms with van der Waals surface area (Å²) < 4.78 is 5.23. The summed E-state index contributed by atoms with van der Waals surface area (Å²) in [5, 5.41) is 5.96. The van der Waals surface area contributed by atoms with Crippen molar-refractivity contribution >= 4 is 24.2 Å². The third-order valence-corrected chi connectivity index (χ3v) is 3.78. The minimum absolute atomic E-state index is 0. The smallest absolute Gasteiger partial charge is 0.245 e. The van der Waals surface area contributed by atoms with Crippen molar-refractivity contribution in [3.05, 3.63) is 0 Å². The molecule has 2 aliphatic rings. The fourth-order valence-corrected chi connectivity index (χ4v) is 2.30. The summed E-state index contributed by atoms with van der Waals surface area (Å²) >= 11 is 0. The molecule has 0 aromatic carbocycles. The summed E-state index contributed by atoms with van der Waals surface area (Å²) in [6.07, 6.45) is 3.15. The van der Waals surface area contributed by atoms with Crippen LogP contribution in [0.1, 0.15) is 26.2 Å². The minimum Gasteiger partial charge on any atom is -0.378 e. The maximum Gasteiger partial charge on any atom is 0.245 e. The number of hydrogen-bond donors (Lipinski definition) is 2. The highest BCUT2D eigenvalue weighted by molar-refractivity contribution is 5.88. The lowest BCUT2D eigenvalue weighted by Gasteiger charge is -2.30. The van der Waals surface area contributed by atoms with Gasteiger partial charge in [-0.3, -0.25) is 9.59 Å². The first-order valence-electron chi connectivity index (χ1n) is 7.57. The van der Waals surface area contributed by atoms with Gasteiger partial charge in [-0.2, -0.15) is 0 Å². The van der Waals surface area contributed by atoms with E-state index in [9.17, 15) is 9.59 Å². The van der Waals surface area contributed by atoms with Gasteiger partial charge in [-0.1, -0.05) is 6.92 Å². The molecule has 122 valence electrons. The van der Waals surface area contributed by atoms with Crippen molar-refractivity contribution in [2.45, 2.75) is 32.2 Å². The molecule has 0 aromatic heterocycles. The van der Waals surface area contributed by atoms with Crippen LogP contribution < -0.4 is 10.6 Å². The monoisotopic (exact) mass is 319 g/mol. The maximum absolute atomic E-state index is 12.3. The number of carbonyl (C=O) groups is 2. The molecule has 1 unspecified atom stereocenters. The molecule has 21 heavy (non-hydrogen) atoms. The van der Waals surface area contributed by atoms with Gasteiger partial charge < -0.3 is 20.3 Å². The van der Waals surface area contributed by atoms with Crippen molar-refractivity contribution in [1.82, 2.24) is 15.5 Å². The van der Waals surface area contributed by atoms with Gasteiger partial charge in [-0.15, -0.1) is 12.4 Å². The summed E-state index contributed by atoms with van der Waals surface area (Å²) in [5.74, 6) is 0.658.